The Labute approximate surface area is 69.9 Å². The van der Waals surface area contributed by atoms with Gasteiger partial charge in [-0.3, -0.25) is 14.9 Å². The molecule has 0 aromatic rings. The minimum absolute atomic E-state index is 0.156. The van der Waals surface area contributed by atoms with Gasteiger partial charge in [0.2, 0.25) is 0 Å². The summed E-state index contributed by atoms with van der Waals surface area (Å²) in [5.41, 5.74) is 0. The van der Waals surface area contributed by atoms with E-state index in [0.29, 0.717) is 6.54 Å². The van der Waals surface area contributed by atoms with Crippen molar-refractivity contribution in [1.29, 1.82) is 0 Å². The van der Waals surface area contributed by atoms with E-state index >= 15 is 0 Å². The Hall–Kier alpha value is -1.17. The van der Waals surface area contributed by atoms with Gasteiger partial charge in [0.1, 0.15) is 0 Å². The fourth-order valence-corrected chi connectivity index (χ4v) is 0.790. The molecular weight excluding hydrogens is 164 g/mol. The van der Waals surface area contributed by atoms with Crippen LogP contribution in [0.15, 0.2) is 0 Å². The second-order valence-electron chi connectivity index (χ2n) is 2.19. The maximum absolute atomic E-state index is 10.9. The normalized spacial score (nSPS) is 9.50. The topological polar surface area (TPSA) is 83.7 Å². The maximum Gasteiger partial charge on any atom is 0.294 e. The molecular formula is C6H12N2O4. The van der Waals surface area contributed by atoms with Gasteiger partial charge < -0.3 is 10.0 Å². The highest BCUT2D eigenvalue weighted by Crippen LogP contribution is 1.88. The second-order valence-corrected chi connectivity index (χ2v) is 2.19. The van der Waals surface area contributed by atoms with Crippen LogP contribution in [-0.4, -0.2) is 47.1 Å². The molecule has 0 rings (SSSR count). The molecule has 0 aromatic heterocycles. The average Bonchev–Trinajstić information content (AvgIpc) is 1.98. The van der Waals surface area contributed by atoms with Crippen molar-refractivity contribution in [2.45, 2.75) is 6.92 Å². The molecule has 0 aromatic carbocycles. The van der Waals surface area contributed by atoms with Gasteiger partial charge in [-0.15, -0.1) is 0 Å². The molecule has 0 atom stereocenters. The first-order valence-corrected chi connectivity index (χ1v) is 3.62. The van der Waals surface area contributed by atoms with E-state index in [1.165, 1.54) is 4.90 Å². The zero-order valence-electron chi connectivity index (χ0n) is 6.89. The number of aliphatic hydroxyl groups is 1. The summed E-state index contributed by atoms with van der Waals surface area (Å²) in [5.74, 6) is -0.559. The van der Waals surface area contributed by atoms with Crippen molar-refractivity contribution in [2.24, 2.45) is 0 Å². The van der Waals surface area contributed by atoms with Crippen LogP contribution in [0, 0.1) is 10.1 Å². The van der Waals surface area contributed by atoms with Crippen LogP contribution < -0.4 is 0 Å². The SMILES string of the molecule is CCN(CCO)C(=O)C[N+](=O)[O-]. The van der Waals surface area contributed by atoms with E-state index in [-0.39, 0.29) is 13.2 Å². The summed E-state index contributed by atoms with van der Waals surface area (Å²) in [6.45, 7) is 1.37. The summed E-state index contributed by atoms with van der Waals surface area (Å²) < 4.78 is 0. The molecule has 0 fully saturated rings. The van der Waals surface area contributed by atoms with Gasteiger partial charge in [0.25, 0.3) is 12.5 Å². The van der Waals surface area contributed by atoms with Gasteiger partial charge in [-0.1, -0.05) is 0 Å². The van der Waals surface area contributed by atoms with Crippen LogP contribution >= 0.6 is 0 Å². The van der Waals surface area contributed by atoms with Crippen molar-refractivity contribution in [3.8, 4) is 0 Å². The molecule has 70 valence electrons. The molecule has 0 aliphatic rings. The van der Waals surface area contributed by atoms with Crippen LogP contribution in [0.3, 0.4) is 0 Å². The summed E-state index contributed by atoms with van der Waals surface area (Å²) in [5, 5.41) is 18.4. The van der Waals surface area contributed by atoms with E-state index < -0.39 is 17.4 Å². The molecule has 0 saturated carbocycles. The first-order chi connectivity index (χ1) is 5.61. The largest absolute Gasteiger partial charge is 0.395 e. The number of hydrogen-bond donors (Lipinski definition) is 1. The van der Waals surface area contributed by atoms with Crippen molar-refractivity contribution in [3.05, 3.63) is 10.1 Å². The molecule has 6 heteroatoms. The summed E-state index contributed by atoms with van der Waals surface area (Å²) in [4.78, 5) is 21.4. The highest BCUT2D eigenvalue weighted by atomic mass is 16.6. The molecule has 1 N–H and O–H groups in total. The number of nitro groups is 1. The van der Waals surface area contributed by atoms with Crippen molar-refractivity contribution in [3.63, 3.8) is 0 Å². The molecule has 0 unspecified atom stereocenters. The van der Waals surface area contributed by atoms with Gasteiger partial charge >= 0.3 is 0 Å². The Kier molecular flexibility index (Phi) is 4.94. The van der Waals surface area contributed by atoms with Crippen LogP contribution in [0.25, 0.3) is 0 Å². The number of likely N-dealkylation sites (N-methyl/N-ethyl adjacent to an activating group) is 1. The number of aliphatic hydroxyl groups excluding tert-OH is 1. The molecule has 0 aliphatic heterocycles. The molecule has 6 nitrogen and oxygen atoms in total. The molecule has 0 bridgehead atoms. The summed E-state index contributed by atoms with van der Waals surface area (Å²) in [6, 6.07) is 0. The Bertz CT molecular complexity index is 171. The predicted molar refractivity (Wildman–Crippen MR) is 41.2 cm³/mol. The Balaban J connectivity index is 3.93. The molecule has 12 heavy (non-hydrogen) atoms. The minimum Gasteiger partial charge on any atom is -0.395 e. The third-order valence-electron chi connectivity index (χ3n) is 1.37. The van der Waals surface area contributed by atoms with E-state index in [1.807, 2.05) is 0 Å². The lowest BCUT2D eigenvalue weighted by molar-refractivity contribution is -0.468. The number of hydrogen-bond acceptors (Lipinski definition) is 4. The van der Waals surface area contributed by atoms with Crippen LogP contribution in [-0.2, 0) is 4.79 Å². The van der Waals surface area contributed by atoms with Crippen LogP contribution in [0.4, 0.5) is 0 Å². The van der Waals surface area contributed by atoms with Gasteiger partial charge in [-0.05, 0) is 6.92 Å². The zero-order valence-corrected chi connectivity index (χ0v) is 6.89. The van der Waals surface area contributed by atoms with E-state index in [0.717, 1.165) is 0 Å². The molecule has 1 amide bonds. The minimum atomic E-state index is -0.701. The van der Waals surface area contributed by atoms with Crippen molar-refractivity contribution in [2.75, 3.05) is 26.2 Å². The van der Waals surface area contributed by atoms with Gasteiger partial charge in [-0.2, -0.15) is 0 Å². The van der Waals surface area contributed by atoms with Crippen molar-refractivity contribution < 1.29 is 14.8 Å². The summed E-state index contributed by atoms with van der Waals surface area (Å²) in [6.07, 6.45) is 0. The second kappa shape index (κ2) is 5.48. The molecule has 0 heterocycles. The number of nitrogens with zero attached hydrogens (tertiary/aromatic N) is 2. The Morgan fingerprint density at radius 1 is 1.67 bits per heavy atom. The summed E-state index contributed by atoms with van der Waals surface area (Å²) in [7, 11) is 0. The number of amides is 1. The van der Waals surface area contributed by atoms with Crippen molar-refractivity contribution >= 4 is 5.91 Å². The highest BCUT2D eigenvalue weighted by Gasteiger charge is 2.15. The van der Waals surface area contributed by atoms with Crippen LogP contribution in [0.1, 0.15) is 6.92 Å². The lowest BCUT2D eigenvalue weighted by Gasteiger charge is -2.16. The smallest absolute Gasteiger partial charge is 0.294 e. The fraction of sp³-hybridized carbons (Fsp3) is 0.833. The monoisotopic (exact) mass is 176 g/mol. The summed E-state index contributed by atoms with van der Waals surface area (Å²) >= 11 is 0. The first-order valence-electron chi connectivity index (χ1n) is 3.62. The van der Waals surface area contributed by atoms with Gasteiger partial charge in [0.15, 0.2) is 0 Å². The maximum atomic E-state index is 10.9. The quantitative estimate of drug-likeness (QED) is 0.434. The lowest BCUT2D eigenvalue weighted by Crippen LogP contribution is -2.37. The van der Waals surface area contributed by atoms with Gasteiger partial charge in [0, 0.05) is 18.0 Å². The van der Waals surface area contributed by atoms with Gasteiger partial charge in [0.05, 0.1) is 6.61 Å². The Morgan fingerprint density at radius 3 is 2.58 bits per heavy atom. The first kappa shape index (κ1) is 10.8. The highest BCUT2D eigenvalue weighted by molar-refractivity contribution is 5.77. The molecule has 0 radical (unpaired) electrons. The number of rotatable bonds is 5. The lowest BCUT2D eigenvalue weighted by atomic mass is 10.4. The average molecular weight is 176 g/mol. The Morgan fingerprint density at radius 2 is 2.25 bits per heavy atom. The zero-order chi connectivity index (χ0) is 9.56. The van der Waals surface area contributed by atoms with E-state index in [1.54, 1.807) is 6.92 Å². The van der Waals surface area contributed by atoms with E-state index in [4.69, 9.17) is 5.11 Å². The predicted octanol–water partition coefficient (Wildman–Crippen LogP) is -0.896. The molecule has 0 spiro atoms. The third kappa shape index (κ3) is 3.87. The number of carbonyl (C=O) groups excluding carboxylic acids is 1. The van der Waals surface area contributed by atoms with Crippen LogP contribution in [0.5, 0.6) is 0 Å². The number of carbonyl (C=O) groups is 1. The van der Waals surface area contributed by atoms with Crippen molar-refractivity contribution in [1.82, 2.24) is 4.90 Å². The third-order valence-corrected chi connectivity index (χ3v) is 1.37. The standard InChI is InChI=1S/C6H12N2O4/c1-2-7(3-4-9)6(10)5-8(11)12/h9H,2-5H2,1H3. The van der Waals surface area contributed by atoms with Gasteiger partial charge in [-0.25, -0.2) is 0 Å². The van der Waals surface area contributed by atoms with E-state index in [9.17, 15) is 14.9 Å². The fourth-order valence-electron chi connectivity index (χ4n) is 0.790. The molecule has 0 aliphatic carbocycles. The molecule has 0 saturated heterocycles. The van der Waals surface area contributed by atoms with E-state index in [2.05, 4.69) is 0 Å². The van der Waals surface area contributed by atoms with Crippen LogP contribution in [0.2, 0.25) is 0 Å².